The lowest BCUT2D eigenvalue weighted by molar-refractivity contribution is -0.119. The summed E-state index contributed by atoms with van der Waals surface area (Å²) in [4.78, 5) is 16.3. The topological polar surface area (TPSA) is 67.2 Å². The minimum atomic E-state index is -0.0903. The third kappa shape index (κ3) is 5.18. The molecule has 0 aliphatic rings. The first-order chi connectivity index (χ1) is 13.0. The van der Waals surface area contributed by atoms with Gasteiger partial charge >= 0.3 is 0 Å². The normalized spacial score (nSPS) is 10.8. The van der Waals surface area contributed by atoms with Crippen LogP contribution in [0, 0.1) is 3.57 Å². The number of aromatic nitrogens is 1. The molecule has 3 aromatic rings. The molecule has 0 atom stereocenters. The summed E-state index contributed by atoms with van der Waals surface area (Å²) in [6.45, 7) is 2.04. The van der Waals surface area contributed by atoms with Crippen LogP contribution in [0.25, 0.3) is 22.6 Å². The predicted octanol–water partition coefficient (Wildman–Crippen LogP) is 5.76. The molecular weight excluding hydrogens is 497 g/mol. The lowest BCUT2D eigenvalue weighted by atomic mass is 10.2. The second-order valence-corrected chi connectivity index (χ2v) is 7.99. The van der Waals surface area contributed by atoms with Gasteiger partial charge in [-0.2, -0.15) is 0 Å². The maximum Gasteiger partial charge on any atom is 0.228 e. The van der Waals surface area contributed by atoms with Gasteiger partial charge in [-0.25, -0.2) is 4.98 Å². The lowest BCUT2D eigenvalue weighted by Gasteiger charge is -2.09. The minimum Gasteiger partial charge on any atom is -0.436 e. The largest absolute Gasteiger partial charge is 0.436 e. The molecule has 0 spiro atoms. The number of thiocarbonyl (C=S) groups is 1. The van der Waals surface area contributed by atoms with Crippen molar-refractivity contribution in [2.75, 3.05) is 5.32 Å². The van der Waals surface area contributed by atoms with Crippen molar-refractivity contribution in [1.29, 1.82) is 0 Å². The zero-order valence-electron chi connectivity index (χ0n) is 14.5. The van der Waals surface area contributed by atoms with Gasteiger partial charge in [0.2, 0.25) is 11.8 Å². The molecule has 1 heterocycles. The molecular formula is C19H17ClIN3O2S. The third-order valence-electron chi connectivity index (χ3n) is 3.81. The number of hydrogen-bond acceptors (Lipinski definition) is 4. The van der Waals surface area contributed by atoms with Crippen molar-refractivity contribution in [3.05, 3.63) is 45.0 Å². The number of benzene rings is 2. The molecule has 2 N–H and O–H groups in total. The Labute approximate surface area is 181 Å². The van der Waals surface area contributed by atoms with Gasteiger partial charge in [0.05, 0.1) is 10.6 Å². The van der Waals surface area contributed by atoms with Gasteiger partial charge in [0.25, 0.3) is 0 Å². The van der Waals surface area contributed by atoms with E-state index in [1.807, 2.05) is 37.3 Å². The zero-order chi connectivity index (χ0) is 19.4. The Kier molecular flexibility index (Phi) is 6.67. The van der Waals surface area contributed by atoms with E-state index in [2.05, 4.69) is 38.2 Å². The number of oxazole rings is 1. The van der Waals surface area contributed by atoms with Crippen LogP contribution < -0.4 is 10.6 Å². The Bertz CT molecular complexity index is 1010. The van der Waals surface area contributed by atoms with Gasteiger partial charge in [0.15, 0.2) is 10.7 Å². The van der Waals surface area contributed by atoms with Crippen molar-refractivity contribution in [3.63, 3.8) is 0 Å². The number of unbranched alkanes of at least 4 members (excludes halogenated alkanes) is 1. The molecule has 8 heteroatoms. The first-order valence-corrected chi connectivity index (χ1v) is 10.3. The van der Waals surface area contributed by atoms with Gasteiger partial charge in [0.1, 0.15) is 5.52 Å². The molecule has 1 aromatic heterocycles. The Morgan fingerprint density at radius 1 is 1.30 bits per heavy atom. The summed E-state index contributed by atoms with van der Waals surface area (Å²) in [5.41, 5.74) is 2.78. The first kappa shape index (κ1) is 20.0. The van der Waals surface area contributed by atoms with E-state index in [0.717, 1.165) is 27.7 Å². The van der Waals surface area contributed by atoms with E-state index in [1.165, 1.54) is 0 Å². The van der Waals surface area contributed by atoms with Crippen LogP contribution in [0.2, 0.25) is 5.02 Å². The van der Waals surface area contributed by atoms with E-state index < -0.39 is 0 Å². The molecule has 5 nitrogen and oxygen atoms in total. The number of anilines is 1. The molecule has 0 radical (unpaired) electrons. The number of fused-ring (bicyclic) bond motifs is 1. The second-order valence-electron chi connectivity index (χ2n) is 5.93. The monoisotopic (exact) mass is 513 g/mol. The summed E-state index contributed by atoms with van der Waals surface area (Å²) < 4.78 is 6.87. The molecule has 0 aliphatic carbocycles. The van der Waals surface area contributed by atoms with Crippen molar-refractivity contribution < 1.29 is 9.21 Å². The number of amides is 1. The van der Waals surface area contributed by atoms with Crippen molar-refractivity contribution in [3.8, 4) is 11.5 Å². The summed E-state index contributed by atoms with van der Waals surface area (Å²) in [6.07, 6.45) is 2.26. The Balaban J connectivity index is 1.77. The second kappa shape index (κ2) is 8.99. The van der Waals surface area contributed by atoms with Crippen molar-refractivity contribution >= 4 is 74.2 Å². The smallest absolute Gasteiger partial charge is 0.228 e. The Morgan fingerprint density at radius 2 is 2.11 bits per heavy atom. The molecule has 0 aliphatic heterocycles. The average molecular weight is 514 g/mol. The fraction of sp³-hybridized carbons (Fsp3) is 0.211. The zero-order valence-corrected chi connectivity index (χ0v) is 18.2. The van der Waals surface area contributed by atoms with Gasteiger partial charge in [-0.1, -0.05) is 24.9 Å². The minimum absolute atomic E-state index is 0.0903. The van der Waals surface area contributed by atoms with Crippen LogP contribution in [0.5, 0.6) is 0 Å². The number of nitrogens with zero attached hydrogens (tertiary/aromatic N) is 1. The molecule has 27 heavy (non-hydrogen) atoms. The molecule has 3 rings (SSSR count). The van der Waals surface area contributed by atoms with E-state index in [9.17, 15) is 4.79 Å². The van der Waals surface area contributed by atoms with Gasteiger partial charge in [-0.15, -0.1) is 0 Å². The molecule has 140 valence electrons. The summed E-state index contributed by atoms with van der Waals surface area (Å²) in [7, 11) is 0. The summed E-state index contributed by atoms with van der Waals surface area (Å²) in [5.74, 6) is 0.369. The molecule has 0 saturated carbocycles. The standard InChI is InChI=1S/C19H17ClIN3O2S/c1-2-3-4-17(25)24-19(27)22-12-6-8-16-15(10-12)23-18(26-16)13-9-11(21)5-7-14(13)20/h5-10H,2-4H2,1H3,(H2,22,24,25,27). The number of hydrogen-bond donors (Lipinski definition) is 2. The van der Waals surface area contributed by atoms with Crippen molar-refractivity contribution in [2.24, 2.45) is 0 Å². The van der Waals surface area contributed by atoms with Gasteiger partial charge in [-0.3, -0.25) is 4.79 Å². The quantitative estimate of drug-likeness (QED) is 0.336. The average Bonchev–Trinajstić information content (AvgIpc) is 3.05. The van der Waals surface area contributed by atoms with E-state index in [-0.39, 0.29) is 11.0 Å². The van der Waals surface area contributed by atoms with Crippen molar-refractivity contribution in [1.82, 2.24) is 10.3 Å². The highest BCUT2D eigenvalue weighted by atomic mass is 127. The predicted molar refractivity (Wildman–Crippen MR) is 121 cm³/mol. The summed E-state index contributed by atoms with van der Waals surface area (Å²) >= 11 is 13.7. The van der Waals surface area contributed by atoms with Crippen LogP contribution in [0.3, 0.4) is 0 Å². The highest BCUT2D eigenvalue weighted by Gasteiger charge is 2.13. The summed E-state index contributed by atoms with van der Waals surface area (Å²) in [6, 6.07) is 11.1. The van der Waals surface area contributed by atoms with Gasteiger partial charge < -0.3 is 15.1 Å². The fourth-order valence-corrected chi connectivity index (χ4v) is 3.39. The lowest BCUT2D eigenvalue weighted by Crippen LogP contribution is -2.33. The number of halogens is 2. The maximum atomic E-state index is 11.8. The van der Waals surface area contributed by atoms with Crippen LogP contribution in [-0.4, -0.2) is 16.0 Å². The van der Waals surface area contributed by atoms with Crippen LogP contribution in [0.15, 0.2) is 40.8 Å². The van der Waals surface area contributed by atoms with Gasteiger partial charge in [0, 0.05) is 15.7 Å². The molecule has 1 amide bonds. The number of carbonyl (C=O) groups is 1. The van der Waals surface area contributed by atoms with E-state index in [1.54, 1.807) is 6.07 Å². The van der Waals surface area contributed by atoms with E-state index in [4.69, 9.17) is 28.2 Å². The van der Waals surface area contributed by atoms with Crippen molar-refractivity contribution in [2.45, 2.75) is 26.2 Å². The van der Waals surface area contributed by atoms with Crippen LogP contribution in [-0.2, 0) is 4.79 Å². The molecule has 0 bridgehead atoms. The van der Waals surface area contributed by atoms with Crippen LogP contribution >= 0.6 is 46.4 Å². The SMILES string of the molecule is CCCCC(=O)NC(=S)Nc1ccc2oc(-c3cc(I)ccc3Cl)nc2c1. The number of carbonyl (C=O) groups excluding carboxylic acids is 1. The number of nitrogens with one attached hydrogen (secondary N) is 2. The fourth-order valence-electron chi connectivity index (χ4n) is 2.47. The number of rotatable bonds is 5. The van der Waals surface area contributed by atoms with Crippen LogP contribution in [0.1, 0.15) is 26.2 Å². The first-order valence-electron chi connectivity index (χ1n) is 8.43. The highest BCUT2D eigenvalue weighted by molar-refractivity contribution is 14.1. The Morgan fingerprint density at radius 3 is 2.89 bits per heavy atom. The molecule has 0 fully saturated rings. The highest BCUT2D eigenvalue weighted by Crippen LogP contribution is 2.32. The van der Waals surface area contributed by atoms with Crippen LogP contribution in [0.4, 0.5) is 5.69 Å². The molecule has 0 unspecified atom stereocenters. The molecule has 0 saturated heterocycles. The third-order valence-corrected chi connectivity index (χ3v) is 5.02. The Hall–Kier alpha value is -1.71. The van der Waals surface area contributed by atoms with E-state index >= 15 is 0 Å². The van der Waals surface area contributed by atoms with Gasteiger partial charge in [-0.05, 0) is 77.6 Å². The van der Waals surface area contributed by atoms with E-state index in [0.29, 0.717) is 28.4 Å². The summed E-state index contributed by atoms with van der Waals surface area (Å²) in [5, 5.41) is 6.52. The maximum absolute atomic E-state index is 11.8. The molecule has 2 aromatic carbocycles.